The average Bonchev–Trinajstić information content (AvgIpc) is 3.41. The highest BCUT2D eigenvalue weighted by atomic mass is 32.1. The highest BCUT2D eigenvalue weighted by Gasteiger charge is 2.38. The number of carbonyl (C=O) groups is 3. The predicted octanol–water partition coefficient (Wildman–Crippen LogP) is 1.49. The number of methoxy groups -OCH3 is 1. The first-order chi connectivity index (χ1) is 16.3. The molecule has 9 nitrogen and oxygen atoms in total. The Kier molecular flexibility index (Phi) is 7.06. The van der Waals surface area contributed by atoms with Crippen LogP contribution in [-0.4, -0.2) is 64.9 Å². The van der Waals surface area contributed by atoms with Crippen LogP contribution in [0.25, 0.3) is 0 Å². The van der Waals surface area contributed by atoms with E-state index in [9.17, 15) is 19.2 Å². The lowest BCUT2D eigenvalue weighted by Gasteiger charge is -2.24. The van der Waals surface area contributed by atoms with Crippen molar-refractivity contribution in [1.82, 2.24) is 19.7 Å². The average molecular weight is 487 g/mol. The second-order valence-corrected chi connectivity index (χ2v) is 9.73. The van der Waals surface area contributed by atoms with Crippen molar-refractivity contribution < 1.29 is 19.1 Å². The number of hydrogen-bond acceptors (Lipinski definition) is 6. The zero-order valence-corrected chi connectivity index (χ0v) is 20.5. The lowest BCUT2D eigenvalue weighted by atomic mass is 10.1. The molecule has 1 N–H and O–H groups in total. The van der Waals surface area contributed by atoms with Crippen molar-refractivity contribution in [2.24, 2.45) is 5.92 Å². The molecule has 0 aliphatic carbocycles. The third kappa shape index (κ3) is 4.72. The maximum Gasteiger partial charge on any atom is 0.257 e. The van der Waals surface area contributed by atoms with Crippen molar-refractivity contribution in [3.8, 4) is 5.75 Å². The summed E-state index contributed by atoms with van der Waals surface area (Å²) in [6, 6.07) is 3.33. The van der Waals surface area contributed by atoms with Gasteiger partial charge in [-0.15, -0.1) is 0 Å². The molecule has 1 unspecified atom stereocenters. The molecule has 2 aliphatic rings. The number of hydrogen-bond donors (Lipinski definition) is 1. The second kappa shape index (κ2) is 10.0. The highest BCUT2D eigenvalue weighted by molar-refractivity contribution is 7.07. The van der Waals surface area contributed by atoms with Crippen molar-refractivity contribution in [1.29, 1.82) is 0 Å². The summed E-state index contributed by atoms with van der Waals surface area (Å²) in [6.45, 7) is 5.67. The highest BCUT2D eigenvalue weighted by Crippen LogP contribution is 2.26. The summed E-state index contributed by atoms with van der Waals surface area (Å²) < 4.78 is 6.96. The minimum atomic E-state index is -0.379. The molecule has 4 rings (SSSR count). The fourth-order valence-corrected chi connectivity index (χ4v) is 5.36. The van der Waals surface area contributed by atoms with Gasteiger partial charge >= 0.3 is 0 Å². The standard InChI is InChI=1S/C24H30N4O5S/c1-15(2)28-13-17(10-20(28)29)24(32)26-6-4-18-22(23(31)25-12-16-5-9-34-14-16)19(33-3)11-21(30)27(18)8-7-26/h5,9,11,14-15,17H,4,6-8,10,12-13H2,1-3H3,(H,25,31). The van der Waals surface area contributed by atoms with Crippen molar-refractivity contribution in [2.45, 2.75) is 45.8 Å². The number of rotatable bonds is 6. The van der Waals surface area contributed by atoms with E-state index >= 15 is 0 Å². The van der Waals surface area contributed by atoms with Crippen LogP contribution < -0.4 is 15.6 Å². The number of aromatic nitrogens is 1. The Bertz CT molecular complexity index is 1140. The molecule has 4 heterocycles. The van der Waals surface area contributed by atoms with E-state index < -0.39 is 0 Å². The Balaban J connectivity index is 1.55. The van der Waals surface area contributed by atoms with E-state index in [1.165, 1.54) is 13.2 Å². The van der Waals surface area contributed by atoms with Gasteiger partial charge in [-0.05, 0) is 36.2 Å². The maximum absolute atomic E-state index is 13.2. The van der Waals surface area contributed by atoms with E-state index in [-0.39, 0.29) is 54.0 Å². The van der Waals surface area contributed by atoms with Gasteiger partial charge in [0.1, 0.15) is 11.3 Å². The van der Waals surface area contributed by atoms with E-state index in [4.69, 9.17) is 4.74 Å². The summed E-state index contributed by atoms with van der Waals surface area (Å²) in [7, 11) is 1.44. The molecule has 0 spiro atoms. The van der Waals surface area contributed by atoms with Gasteiger partial charge in [-0.2, -0.15) is 11.3 Å². The van der Waals surface area contributed by atoms with Crippen molar-refractivity contribution >= 4 is 29.1 Å². The first-order valence-electron chi connectivity index (χ1n) is 11.5. The molecular formula is C24H30N4O5S. The number of ether oxygens (including phenoxy) is 1. The topological polar surface area (TPSA) is 101 Å². The van der Waals surface area contributed by atoms with Crippen LogP contribution in [0.4, 0.5) is 0 Å². The van der Waals surface area contributed by atoms with Crippen LogP contribution in [0, 0.1) is 5.92 Å². The smallest absolute Gasteiger partial charge is 0.257 e. The van der Waals surface area contributed by atoms with Crippen LogP contribution in [0.5, 0.6) is 5.75 Å². The number of nitrogens with one attached hydrogen (secondary N) is 1. The normalized spacial score (nSPS) is 18.1. The molecule has 1 atom stereocenters. The lowest BCUT2D eigenvalue weighted by molar-refractivity contribution is -0.135. The predicted molar refractivity (Wildman–Crippen MR) is 128 cm³/mol. The Morgan fingerprint density at radius 3 is 2.68 bits per heavy atom. The zero-order chi connectivity index (χ0) is 24.4. The van der Waals surface area contributed by atoms with Gasteiger partial charge < -0.3 is 24.4 Å². The van der Waals surface area contributed by atoms with Gasteiger partial charge in [0.2, 0.25) is 11.8 Å². The fraction of sp³-hybridized carbons (Fsp3) is 0.500. The number of likely N-dealkylation sites (tertiary alicyclic amines) is 1. The maximum atomic E-state index is 13.2. The Labute approximate surface area is 202 Å². The summed E-state index contributed by atoms with van der Waals surface area (Å²) in [5, 5.41) is 6.82. The van der Waals surface area contributed by atoms with Gasteiger partial charge in [-0.25, -0.2) is 0 Å². The summed E-state index contributed by atoms with van der Waals surface area (Å²) in [5.74, 6) is -0.547. The number of fused-ring (bicyclic) bond motifs is 1. The molecule has 0 saturated carbocycles. The van der Waals surface area contributed by atoms with Crippen LogP contribution in [0.3, 0.4) is 0 Å². The summed E-state index contributed by atoms with van der Waals surface area (Å²) in [5.41, 5.74) is 1.62. The molecule has 34 heavy (non-hydrogen) atoms. The third-order valence-electron chi connectivity index (χ3n) is 6.52. The molecule has 0 radical (unpaired) electrons. The number of nitrogens with zero attached hydrogens (tertiary/aromatic N) is 3. The van der Waals surface area contributed by atoms with Gasteiger partial charge in [0.25, 0.3) is 11.5 Å². The zero-order valence-electron chi connectivity index (χ0n) is 19.7. The Morgan fingerprint density at radius 1 is 1.24 bits per heavy atom. The third-order valence-corrected chi connectivity index (χ3v) is 7.25. The number of carbonyl (C=O) groups excluding carboxylic acids is 3. The molecule has 0 bridgehead atoms. The van der Waals surface area contributed by atoms with Crippen molar-refractivity contribution in [3.05, 3.63) is 50.1 Å². The van der Waals surface area contributed by atoms with E-state index in [1.807, 2.05) is 30.7 Å². The summed E-state index contributed by atoms with van der Waals surface area (Å²) in [4.78, 5) is 54.9. The fourth-order valence-electron chi connectivity index (χ4n) is 4.69. The second-order valence-electron chi connectivity index (χ2n) is 8.95. The first kappa shape index (κ1) is 24.0. The number of amides is 3. The van der Waals surface area contributed by atoms with Crippen LogP contribution in [0.2, 0.25) is 0 Å². The molecule has 182 valence electrons. The molecule has 0 aromatic carbocycles. The number of thiophene rings is 1. The molecule has 1 saturated heterocycles. The molecule has 10 heteroatoms. The summed E-state index contributed by atoms with van der Waals surface area (Å²) in [6.07, 6.45) is 0.554. The van der Waals surface area contributed by atoms with E-state index in [0.29, 0.717) is 43.9 Å². The molecule has 1 fully saturated rings. The van der Waals surface area contributed by atoms with Crippen LogP contribution in [-0.2, 0) is 29.1 Å². The van der Waals surface area contributed by atoms with Crippen LogP contribution in [0.1, 0.15) is 41.9 Å². The van der Waals surface area contributed by atoms with Gasteiger partial charge in [-0.1, -0.05) is 0 Å². The quantitative estimate of drug-likeness (QED) is 0.667. The molecule has 2 aromatic heterocycles. The van der Waals surface area contributed by atoms with Crippen molar-refractivity contribution in [2.75, 3.05) is 26.7 Å². The molecule has 2 aliphatic heterocycles. The van der Waals surface area contributed by atoms with Crippen molar-refractivity contribution in [3.63, 3.8) is 0 Å². The Hall–Kier alpha value is -3.14. The first-order valence-corrected chi connectivity index (χ1v) is 12.4. The summed E-state index contributed by atoms with van der Waals surface area (Å²) >= 11 is 1.55. The van der Waals surface area contributed by atoms with E-state index in [2.05, 4.69) is 5.32 Å². The minimum Gasteiger partial charge on any atom is -0.496 e. The minimum absolute atomic E-state index is 0.00278. The lowest BCUT2D eigenvalue weighted by Crippen LogP contribution is -2.40. The van der Waals surface area contributed by atoms with E-state index in [0.717, 1.165) is 5.56 Å². The van der Waals surface area contributed by atoms with Crippen LogP contribution in [0.15, 0.2) is 27.7 Å². The largest absolute Gasteiger partial charge is 0.496 e. The van der Waals surface area contributed by atoms with Gasteiger partial charge in [0.15, 0.2) is 0 Å². The van der Waals surface area contributed by atoms with Crippen LogP contribution >= 0.6 is 11.3 Å². The van der Waals surface area contributed by atoms with E-state index in [1.54, 1.807) is 25.7 Å². The van der Waals surface area contributed by atoms with Gasteiger partial charge in [0.05, 0.1) is 13.0 Å². The molecular weight excluding hydrogens is 456 g/mol. The molecule has 3 amide bonds. The Morgan fingerprint density at radius 2 is 2.03 bits per heavy atom. The molecule has 2 aromatic rings. The number of pyridine rings is 1. The van der Waals surface area contributed by atoms with Gasteiger partial charge in [0, 0.05) is 63.4 Å². The SMILES string of the molecule is COc1cc(=O)n2c(c1C(=O)NCc1ccsc1)CCN(C(=O)C1CC(=O)N(C(C)C)C1)CC2. The van der Waals surface area contributed by atoms with Gasteiger partial charge in [-0.3, -0.25) is 19.2 Å². The monoisotopic (exact) mass is 486 g/mol.